The summed E-state index contributed by atoms with van der Waals surface area (Å²) in [6.07, 6.45) is 0. The van der Waals surface area contributed by atoms with Crippen molar-refractivity contribution >= 4 is 133 Å². The topological polar surface area (TPSA) is 232 Å². The highest BCUT2D eigenvalue weighted by atomic mass is 32.1. The van der Waals surface area contributed by atoms with Crippen molar-refractivity contribution in [2.45, 2.75) is 0 Å². The maximum Gasteiger partial charge on any atom is 0.166 e. The van der Waals surface area contributed by atoms with Gasteiger partial charge in [-0.15, -0.1) is 0 Å². The number of rotatable bonds is 15. The van der Waals surface area contributed by atoms with E-state index in [2.05, 4.69) is 212 Å². The molecule has 27 rings (SSSR count). The van der Waals surface area contributed by atoms with Crippen LogP contribution in [0, 0.1) is 0 Å². The Morgan fingerprint density at radius 2 is 0.298 bits per heavy atom. The normalized spacial score (nSPS) is 11.4. The van der Waals surface area contributed by atoms with Crippen LogP contribution in [-0.2, 0) is 0 Å². The summed E-state index contributed by atoms with van der Waals surface area (Å²) in [4.78, 5) is 60.9. The largest absolute Gasteiger partial charge is 0.247 e. The van der Waals surface area contributed by atoms with Crippen molar-refractivity contribution in [1.82, 2.24) is 86.0 Å². The third-order valence-corrected chi connectivity index (χ3v) is 26.8. The Morgan fingerprint density at radius 3 is 0.532 bits per heavy atom. The second kappa shape index (κ2) is 36.9. The molecule has 18 aromatic carbocycles. The number of nitrogens with zero attached hydrogens (tertiary/aromatic N) is 18. The maximum atomic E-state index is 5.20. The van der Waals surface area contributed by atoms with Gasteiger partial charge in [0, 0.05) is 115 Å². The fourth-order valence-corrected chi connectivity index (χ4v) is 20.1. The van der Waals surface area contributed by atoms with E-state index in [1.54, 1.807) is 0 Å². The lowest BCUT2D eigenvalue weighted by Crippen LogP contribution is -2.01. The van der Waals surface area contributed by atoms with E-state index in [0.717, 1.165) is 215 Å². The van der Waals surface area contributed by atoms with Crippen molar-refractivity contribution in [2.75, 3.05) is 0 Å². The second-order valence-electron chi connectivity index (χ2n) is 33.8. The first-order valence-corrected chi connectivity index (χ1v) is 48.1. The van der Waals surface area contributed by atoms with E-state index in [9.17, 15) is 0 Å². The first-order valence-electron chi connectivity index (χ1n) is 45.9. The fourth-order valence-electron chi connectivity index (χ4n) is 18.4. The summed E-state index contributed by atoms with van der Waals surface area (Å²) in [6, 6.07) is 148. The standard InChI is InChI=1S/C46H28N6S.C40H24N6S.C34H20N6S/c1-4-12-29(13-5-1)31-20-24-34(25-21-31)44-48-45(35-26-22-32(23-27-35)30-14-6-2-7-15-30)50-46(49-44)38-28-37-40(43-42(38)51-53-52-43)36-18-10-11-19-39(36)47-41(37)33-16-8-3-9-17-33;1-4-12-25(13-5-1)26-20-22-29(23-21-26)39-42-38(28-16-8-3-9-17-28)43-40(44-39)32-24-31-34(37-36(32)45-47-46-37)30-18-10-11-19-33(30)41-35(31)27-14-6-2-7-15-27;1-4-12-21(13-5-1)29-25-20-26(30-31(40-41-39-30)28(25)24-18-10-11-19-27(24)35-29)34-37-32(22-14-6-2-7-15-22)36-33(38-34)23-16-8-3-9-17-23/h1-28H;1-24H;1-20H. The minimum Gasteiger partial charge on any atom is -0.247 e. The Labute approximate surface area is 819 Å². The SMILES string of the molecule is c1ccc(-c2ccc(-c3nc(-c4ccc(-c5ccccc5)cc4)nc(-c4cc5c(-c6ccccc6)nc6ccccc6c5c5nsnc45)n3)cc2)cc1.c1ccc(-c2ccc(-c3nc(-c4ccccc4)nc(-c4cc5c(-c6ccccc6)nc6ccccc6c5c5nsnc45)n3)cc2)cc1.c1ccc(-c2nc(-c3ccccc3)nc(-c3cc4c(-c5ccccc5)nc5ccccc5c4c4nsnc34)n2)cc1. The zero-order valence-electron chi connectivity index (χ0n) is 74.8. The van der Waals surface area contributed by atoms with Gasteiger partial charge in [0.2, 0.25) is 0 Å². The van der Waals surface area contributed by atoms with Crippen LogP contribution in [0.3, 0.4) is 0 Å². The lowest BCUT2D eigenvalue weighted by Gasteiger charge is -2.13. The van der Waals surface area contributed by atoms with Crippen LogP contribution in [0.2, 0.25) is 0 Å². The molecule has 660 valence electrons. The highest BCUT2D eigenvalue weighted by Gasteiger charge is 2.28. The van der Waals surface area contributed by atoms with Gasteiger partial charge in [0.1, 0.15) is 33.1 Å². The van der Waals surface area contributed by atoms with E-state index in [1.165, 1.54) is 35.2 Å². The Morgan fingerprint density at radius 1 is 0.128 bits per heavy atom. The van der Waals surface area contributed by atoms with Crippen molar-refractivity contribution in [3.05, 3.63) is 437 Å². The summed E-state index contributed by atoms with van der Waals surface area (Å²) < 4.78 is 29.0. The minimum absolute atomic E-state index is 0.524. The van der Waals surface area contributed by atoms with Crippen LogP contribution in [0.15, 0.2) is 437 Å². The number of benzene rings is 18. The number of hydrogen-bond donors (Lipinski definition) is 0. The minimum atomic E-state index is 0.524. The summed E-state index contributed by atoms with van der Waals surface area (Å²) >= 11 is 3.59. The van der Waals surface area contributed by atoms with Crippen LogP contribution in [0.25, 0.3) is 268 Å². The van der Waals surface area contributed by atoms with Crippen molar-refractivity contribution in [1.29, 1.82) is 0 Å². The highest BCUT2D eigenvalue weighted by Crippen LogP contribution is 2.47. The Hall–Kier alpha value is -18.5. The van der Waals surface area contributed by atoms with Crippen LogP contribution in [0.5, 0.6) is 0 Å². The quantitative estimate of drug-likeness (QED) is 0.0868. The van der Waals surface area contributed by atoms with Gasteiger partial charge in [0.15, 0.2) is 52.4 Å². The molecule has 0 saturated carbocycles. The van der Waals surface area contributed by atoms with Gasteiger partial charge in [-0.05, 0) is 69.8 Å². The maximum absolute atomic E-state index is 5.20. The number of fused-ring (bicyclic) bond motifs is 15. The van der Waals surface area contributed by atoms with Gasteiger partial charge in [0.25, 0.3) is 0 Å². The zero-order chi connectivity index (χ0) is 93.5. The molecule has 0 saturated heterocycles. The highest BCUT2D eigenvalue weighted by molar-refractivity contribution is 7.00. The average Bonchev–Trinajstić information content (AvgIpc) is 1.72. The molecule has 0 unspecified atom stereocenters. The molecule has 0 aliphatic carbocycles. The molecule has 18 nitrogen and oxygen atoms in total. The monoisotopic (exact) mass is 1860 g/mol. The van der Waals surface area contributed by atoms with Gasteiger partial charge in [-0.3, -0.25) is 0 Å². The van der Waals surface area contributed by atoms with E-state index in [0.29, 0.717) is 52.4 Å². The average molecular weight is 1860 g/mol. The molecular formula is C120H72N18S3. The predicted octanol–water partition coefficient (Wildman–Crippen LogP) is 29.7. The smallest absolute Gasteiger partial charge is 0.166 e. The number of aromatic nitrogens is 18. The molecule has 141 heavy (non-hydrogen) atoms. The molecule has 0 aliphatic rings. The van der Waals surface area contributed by atoms with Gasteiger partial charge in [-0.25, -0.2) is 59.8 Å². The van der Waals surface area contributed by atoms with Gasteiger partial charge in [-0.2, -0.15) is 26.2 Å². The molecule has 0 fully saturated rings. The second-order valence-corrected chi connectivity index (χ2v) is 35.4. The molecular weight excluding hydrogens is 1790 g/mol. The molecule has 0 aliphatic heterocycles. The van der Waals surface area contributed by atoms with Crippen molar-refractivity contribution in [2.24, 2.45) is 0 Å². The molecule has 0 radical (unpaired) electrons. The summed E-state index contributed by atoms with van der Waals surface area (Å²) in [5.41, 5.74) is 27.8. The Kier molecular flexibility index (Phi) is 22.1. The molecule has 0 bridgehead atoms. The summed E-state index contributed by atoms with van der Waals surface area (Å²) in [7, 11) is 0. The molecule has 9 aromatic heterocycles. The van der Waals surface area contributed by atoms with Gasteiger partial charge in [0.05, 0.1) is 68.8 Å². The fraction of sp³-hybridized carbons (Fsp3) is 0. The zero-order valence-corrected chi connectivity index (χ0v) is 77.3. The molecule has 27 aromatic rings. The van der Waals surface area contributed by atoms with Gasteiger partial charge in [-0.1, -0.05) is 400 Å². The summed E-state index contributed by atoms with van der Waals surface area (Å²) in [5, 5.41) is 9.09. The first-order chi connectivity index (χ1) is 69.9. The lowest BCUT2D eigenvalue weighted by molar-refractivity contribution is 1.08. The number of hydrogen-bond acceptors (Lipinski definition) is 21. The van der Waals surface area contributed by atoms with E-state index in [-0.39, 0.29) is 0 Å². The molecule has 0 amide bonds. The lowest BCUT2D eigenvalue weighted by atomic mass is 9.96. The molecule has 21 heteroatoms. The van der Waals surface area contributed by atoms with Crippen LogP contribution in [0.4, 0.5) is 0 Å². The van der Waals surface area contributed by atoms with E-state index in [1.807, 2.05) is 224 Å². The molecule has 0 N–H and O–H groups in total. The first kappa shape index (κ1) is 84.2. The third kappa shape index (κ3) is 16.3. The number of pyridine rings is 3. The molecule has 0 spiro atoms. The van der Waals surface area contributed by atoms with Gasteiger partial charge < -0.3 is 0 Å². The van der Waals surface area contributed by atoms with Crippen LogP contribution in [0.1, 0.15) is 0 Å². The van der Waals surface area contributed by atoms with E-state index >= 15 is 0 Å². The van der Waals surface area contributed by atoms with Crippen LogP contribution < -0.4 is 0 Å². The van der Waals surface area contributed by atoms with Crippen molar-refractivity contribution in [3.63, 3.8) is 0 Å². The van der Waals surface area contributed by atoms with E-state index < -0.39 is 0 Å². The predicted molar refractivity (Wildman–Crippen MR) is 572 cm³/mol. The van der Waals surface area contributed by atoms with Crippen LogP contribution in [-0.4, -0.2) is 86.0 Å². The number of para-hydroxylation sites is 3. The summed E-state index contributed by atoms with van der Waals surface area (Å²) in [6.45, 7) is 0. The van der Waals surface area contributed by atoms with Crippen molar-refractivity contribution < 1.29 is 0 Å². The molecule has 0 atom stereocenters. The summed E-state index contributed by atoms with van der Waals surface area (Å²) in [5.74, 6) is 5.14. The van der Waals surface area contributed by atoms with Gasteiger partial charge >= 0.3 is 0 Å². The Balaban J connectivity index is 0.000000112. The Bertz CT molecular complexity index is 9220. The van der Waals surface area contributed by atoms with Crippen LogP contribution >= 0.6 is 35.2 Å². The third-order valence-electron chi connectivity index (χ3n) is 25.2. The van der Waals surface area contributed by atoms with Crippen molar-refractivity contribution in [3.8, 4) is 170 Å². The molecule has 9 heterocycles. The van der Waals surface area contributed by atoms with E-state index in [4.69, 9.17) is 86.0 Å².